The fourth-order valence-corrected chi connectivity index (χ4v) is 3.66. The molecule has 0 heterocycles. The second-order valence-electron chi connectivity index (χ2n) is 5.60. The van der Waals surface area contributed by atoms with Crippen molar-refractivity contribution in [1.82, 2.24) is 0 Å². The summed E-state index contributed by atoms with van der Waals surface area (Å²) in [6.45, 7) is 0. The number of carbonyl (C=O) groups is 2. The molecule has 3 heteroatoms. The molecule has 0 aromatic carbocycles. The molecule has 17 heavy (non-hydrogen) atoms. The van der Waals surface area contributed by atoms with Crippen LogP contribution < -0.4 is 0 Å². The van der Waals surface area contributed by atoms with Crippen LogP contribution in [0.4, 0.5) is 0 Å². The summed E-state index contributed by atoms with van der Waals surface area (Å²) in [4.78, 5) is 23.9. The molecule has 0 bridgehead atoms. The molecule has 1 N–H and O–H groups in total. The van der Waals surface area contributed by atoms with Gasteiger partial charge in [-0.3, -0.25) is 9.59 Å². The predicted molar refractivity (Wildman–Crippen MR) is 64.7 cm³/mol. The maximum Gasteiger partial charge on any atom is 0.317 e. The minimum atomic E-state index is -1.03. The van der Waals surface area contributed by atoms with Gasteiger partial charge in [0.15, 0.2) is 0 Å². The second kappa shape index (κ2) is 5.19. The number of hydrogen-bond acceptors (Lipinski definition) is 2. The summed E-state index contributed by atoms with van der Waals surface area (Å²) in [7, 11) is 0. The van der Waals surface area contributed by atoms with Crippen LogP contribution in [0.2, 0.25) is 0 Å². The summed E-state index contributed by atoms with van der Waals surface area (Å²) in [5, 5.41) is 9.58. The van der Waals surface area contributed by atoms with Crippen LogP contribution in [-0.2, 0) is 9.59 Å². The van der Waals surface area contributed by atoms with Crippen molar-refractivity contribution < 1.29 is 14.7 Å². The number of Topliss-reactive ketones (excluding diaryl/α,β-unsaturated/α-hetero) is 1. The molecule has 0 spiro atoms. The van der Waals surface area contributed by atoms with Crippen molar-refractivity contribution in [2.24, 2.45) is 11.3 Å². The minimum absolute atomic E-state index is 0.00292. The third-order valence-corrected chi connectivity index (χ3v) is 4.66. The fraction of sp³-hybridized carbons (Fsp3) is 0.857. The molecular weight excluding hydrogens is 216 g/mol. The summed E-state index contributed by atoms with van der Waals surface area (Å²) in [5.41, 5.74) is -1.03. The Labute approximate surface area is 103 Å². The molecular formula is C14H22O3. The molecule has 0 radical (unpaired) electrons. The lowest BCUT2D eigenvalue weighted by Gasteiger charge is -2.38. The maximum absolute atomic E-state index is 12.2. The number of rotatable bonds is 2. The number of ketones is 1. The predicted octanol–water partition coefficient (Wildman–Crippen LogP) is 3.17. The van der Waals surface area contributed by atoms with E-state index in [1.165, 1.54) is 12.8 Å². The minimum Gasteiger partial charge on any atom is -0.480 e. The van der Waals surface area contributed by atoms with Crippen molar-refractivity contribution in [2.75, 3.05) is 0 Å². The lowest BCUT2D eigenvalue weighted by molar-refractivity contribution is -0.162. The first-order chi connectivity index (χ1) is 8.18. The largest absolute Gasteiger partial charge is 0.480 e. The fourth-order valence-electron chi connectivity index (χ4n) is 3.66. The van der Waals surface area contributed by atoms with Crippen molar-refractivity contribution in [3.05, 3.63) is 0 Å². The average Bonchev–Trinajstić information content (AvgIpc) is 2.58. The van der Waals surface area contributed by atoms with Gasteiger partial charge >= 0.3 is 5.97 Å². The van der Waals surface area contributed by atoms with Gasteiger partial charge in [-0.15, -0.1) is 0 Å². The van der Waals surface area contributed by atoms with Crippen LogP contribution in [0.15, 0.2) is 0 Å². The molecule has 0 aliphatic heterocycles. The van der Waals surface area contributed by atoms with Crippen LogP contribution in [0.3, 0.4) is 0 Å². The summed E-state index contributed by atoms with van der Waals surface area (Å²) >= 11 is 0. The third kappa shape index (κ3) is 2.24. The van der Waals surface area contributed by atoms with Crippen LogP contribution in [0, 0.1) is 11.3 Å². The van der Waals surface area contributed by atoms with Crippen molar-refractivity contribution >= 4 is 11.8 Å². The summed E-state index contributed by atoms with van der Waals surface area (Å²) < 4.78 is 0. The van der Waals surface area contributed by atoms with Crippen LogP contribution in [0.5, 0.6) is 0 Å². The zero-order valence-electron chi connectivity index (χ0n) is 10.4. The van der Waals surface area contributed by atoms with Gasteiger partial charge in [0.1, 0.15) is 11.2 Å². The second-order valence-corrected chi connectivity index (χ2v) is 5.60. The highest BCUT2D eigenvalue weighted by Crippen LogP contribution is 2.45. The van der Waals surface area contributed by atoms with E-state index < -0.39 is 11.4 Å². The molecule has 0 aromatic heterocycles. The van der Waals surface area contributed by atoms with E-state index in [4.69, 9.17) is 0 Å². The van der Waals surface area contributed by atoms with E-state index in [-0.39, 0.29) is 11.7 Å². The van der Waals surface area contributed by atoms with Crippen LogP contribution in [0.1, 0.15) is 64.2 Å². The van der Waals surface area contributed by atoms with E-state index in [9.17, 15) is 14.7 Å². The van der Waals surface area contributed by atoms with Crippen molar-refractivity contribution in [3.63, 3.8) is 0 Å². The van der Waals surface area contributed by atoms with Crippen LogP contribution in [-0.4, -0.2) is 16.9 Å². The highest BCUT2D eigenvalue weighted by Gasteiger charge is 2.51. The van der Waals surface area contributed by atoms with Crippen molar-refractivity contribution in [2.45, 2.75) is 64.2 Å². The van der Waals surface area contributed by atoms with Gasteiger partial charge < -0.3 is 5.11 Å². The smallest absolute Gasteiger partial charge is 0.317 e. The zero-order chi connectivity index (χ0) is 12.3. The Balaban J connectivity index is 2.25. The van der Waals surface area contributed by atoms with Gasteiger partial charge in [-0.05, 0) is 31.6 Å². The van der Waals surface area contributed by atoms with E-state index in [1.54, 1.807) is 0 Å². The Bertz CT molecular complexity index is 303. The number of carboxylic acid groups (broad SMARTS) is 1. The molecule has 1 unspecified atom stereocenters. The number of carboxylic acids is 1. The summed E-state index contributed by atoms with van der Waals surface area (Å²) in [6, 6.07) is 0. The zero-order valence-corrected chi connectivity index (χ0v) is 10.4. The summed E-state index contributed by atoms with van der Waals surface area (Å²) in [6.07, 6.45) is 9.25. The van der Waals surface area contributed by atoms with Crippen LogP contribution >= 0.6 is 0 Å². The highest BCUT2D eigenvalue weighted by molar-refractivity contribution is 6.03. The molecule has 96 valence electrons. The molecule has 2 fully saturated rings. The Morgan fingerprint density at radius 2 is 1.71 bits per heavy atom. The van der Waals surface area contributed by atoms with E-state index in [0.29, 0.717) is 12.8 Å². The van der Waals surface area contributed by atoms with E-state index in [1.807, 2.05) is 0 Å². The molecule has 2 aliphatic carbocycles. The highest BCUT2D eigenvalue weighted by atomic mass is 16.4. The van der Waals surface area contributed by atoms with Gasteiger partial charge in [0.2, 0.25) is 0 Å². The Kier molecular flexibility index (Phi) is 3.85. The van der Waals surface area contributed by atoms with Crippen molar-refractivity contribution in [1.29, 1.82) is 0 Å². The first-order valence-electron chi connectivity index (χ1n) is 6.94. The molecule has 3 nitrogen and oxygen atoms in total. The van der Waals surface area contributed by atoms with Gasteiger partial charge in [-0.25, -0.2) is 0 Å². The molecule has 2 aliphatic rings. The van der Waals surface area contributed by atoms with E-state index >= 15 is 0 Å². The standard InChI is InChI=1S/C14H22O3/c15-12-9-5-6-10-14(12,13(16)17)11-7-3-1-2-4-8-11/h11H,1-10H2,(H,16,17). The molecule has 2 saturated carbocycles. The van der Waals surface area contributed by atoms with Crippen molar-refractivity contribution in [3.8, 4) is 0 Å². The Hall–Kier alpha value is -0.860. The molecule has 0 aromatic rings. The molecule has 0 amide bonds. The van der Waals surface area contributed by atoms with Gasteiger partial charge in [-0.1, -0.05) is 32.1 Å². The Morgan fingerprint density at radius 3 is 2.24 bits per heavy atom. The average molecular weight is 238 g/mol. The molecule has 0 saturated heterocycles. The van der Waals surface area contributed by atoms with Gasteiger partial charge in [0.25, 0.3) is 0 Å². The van der Waals surface area contributed by atoms with Crippen LogP contribution in [0.25, 0.3) is 0 Å². The van der Waals surface area contributed by atoms with E-state index in [2.05, 4.69) is 0 Å². The number of carbonyl (C=O) groups excluding carboxylic acids is 1. The molecule has 2 rings (SSSR count). The Morgan fingerprint density at radius 1 is 1.06 bits per heavy atom. The van der Waals surface area contributed by atoms with Gasteiger partial charge in [-0.2, -0.15) is 0 Å². The normalized spacial score (nSPS) is 32.1. The monoisotopic (exact) mass is 238 g/mol. The third-order valence-electron chi connectivity index (χ3n) is 4.66. The first-order valence-corrected chi connectivity index (χ1v) is 6.94. The lowest BCUT2D eigenvalue weighted by Crippen LogP contribution is -2.47. The quantitative estimate of drug-likeness (QED) is 0.594. The number of aliphatic carboxylic acids is 1. The summed E-state index contributed by atoms with van der Waals surface area (Å²) in [5.74, 6) is -0.757. The lowest BCUT2D eigenvalue weighted by atomic mass is 9.63. The van der Waals surface area contributed by atoms with Gasteiger partial charge in [0.05, 0.1) is 0 Å². The van der Waals surface area contributed by atoms with E-state index in [0.717, 1.165) is 38.5 Å². The topological polar surface area (TPSA) is 54.4 Å². The number of hydrogen-bond donors (Lipinski definition) is 1. The maximum atomic E-state index is 12.2. The molecule has 1 atom stereocenters. The first kappa shape index (κ1) is 12.6. The SMILES string of the molecule is O=C(O)C1(C2CCCCCC2)CCCCC1=O. The van der Waals surface area contributed by atoms with Gasteiger partial charge in [0, 0.05) is 6.42 Å².